The second-order valence-electron chi connectivity index (χ2n) is 7.69. The molecule has 1 aliphatic heterocycles. The molecule has 0 saturated carbocycles. The standard InChI is InChI=1S/C20H42N2/c1-4-5-6-7-9-16-22(19-13-20(2)3)18-12-17-21-14-10-8-11-15-21/h20H,4-19H2,1-3H3. The summed E-state index contributed by atoms with van der Waals surface area (Å²) in [5, 5.41) is 0. The summed E-state index contributed by atoms with van der Waals surface area (Å²) < 4.78 is 0. The quantitative estimate of drug-likeness (QED) is 0.432. The van der Waals surface area contributed by atoms with Gasteiger partial charge < -0.3 is 9.80 Å². The molecule has 1 aliphatic rings. The van der Waals surface area contributed by atoms with E-state index in [0.29, 0.717) is 0 Å². The van der Waals surface area contributed by atoms with Crippen LogP contribution >= 0.6 is 0 Å². The molecule has 2 nitrogen and oxygen atoms in total. The highest BCUT2D eigenvalue weighted by molar-refractivity contribution is 4.67. The van der Waals surface area contributed by atoms with Gasteiger partial charge in [0.25, 0.3) is 0 Å². The number of nitrogens with zero attached hydrogens (tertiary/aromatic N) is 2. The Morgan fingerprint density at radius 3 is 2.18 bits per heavy atom. The SMILES string of the molecule is CCCCCCCN(CCCN1CCCCC1)CCC(C)C. The minimum Gasteiger partial charge on any atom is -0.303 e. The van der Waals surface area contributed by atoms with Crippen LogP contribution < -0.4 is 0 Å². The van der Waals surface area contributed by atoms with Gasteiger partial charge in [-0.25, -0.2) is 0 Å². The van der Waals surface area contributed by atoms with E-state index in [9.17, 15) is 0 Å². The Morgan fingerprint density at radius 2 is 1.50 bits per heavy atom. The van der Waals surface area contributed by atoms with Crippen molar-refractivity contribution < 1.29 is 0 Å². The van der Waals surface area contributed by atoms with Crippen LogP contribution in [-0.4, -0.2) is 49.1 Å². The third-order valence-corrected chi connectivity index (χ3v) is 5.00. The van der Waals surface area contributed by atoms with Crippen molar-refractivity contribution in [2.24, 2.45) is 5.92 Å². The molecule has 1 heterocycles. The molecule has 0 aromatic heterocycles. The van der Waals surface area contributed by atoms with E-state index >= 15 is 0 Å². The lowest BCUT2D eigenvalue weighted by molar-refractivity contribution is 0.197. The molecule has 0 spiro atoms. The third kappa shape index (κ3) is 10.6. The molecule has 0 bridgehead atoms. The van der Waals surface area contributed by atoms with Crippen LogP contribution in [0.2, 0.25) is 0 Å². The van der Waals surface area contributed by atoms with E-state index in [4.69, 9.17) is 0 Å². The molecule has 0 atom stereocenters. The highest BCUT2D eigenvalue weighted by Crippen LogP contribution is 2.10. The summed E-state index contributed by atoms with van der Waals surface area (Å²) in [7, 11) is 0. The monoisotopic (exact) mass is 310 g/mol. The Labute approximate surface area is 140 Å². The zero-order valence-corrected chi connectivity index (χ0v) is 15.8. The first-order chi connectivity index (χ1) is 10.7. The summed E-state index contributed by atoms with van der Waals surface area (Å²) in [5.41, 5.74) is 0. The maximum atomic E-state index is 2.75. The molecule has 0 aromatic rings. The molecule has 0 radical (unpaired) electrons. The first-order valence-corrected chi connectivity index (χ1v) is 10.2. The van der Waals surface area contributed by atoms with Crippen molar-refractivity contribution >= 4 is 0 Å². The Morgan fingerprint density at radius 1 is 0.818 bits per heavy atom. The van der Waals surface area contributed by atoms with E-state index in [1.165, 1.54) is 103 Å². The molecular weight excluding hydrogens is 268 g/mol. The average molecular weight is 311 g/mol. The van der Waals surface area contributed by atoms with Crippen molar-refractivity contribution in [3.8, 4) is 0 Å². The first-order valence-electron chi connectivity index (χ1n) is 10.2. The van der Waals surface area contributed by atoms with E-state index in [-0.39, 0.29) is 0 Å². The fourth-order valence-electron chi connectivity index (χ4n) is 3.42. The van der Waals surface area contributed by atoms with Gasteiger partial charge in [-0.15, -0.1) is 0 Å². The van der Waals surface area contributed by atoms with Crippen LogP contribution in [-0.2, 0) is 0 Å². The van der Waals surface area contributed by atoms with Crippen LogP contribution in [0.15, 0.2) is 0 Å². The molecule has 22 heavy (non-hydrogen) atoms. The van der Waals surface area contributed by atoms with Gasteiger partial charge in [0.2, 0.25) is 0 Å². The van der Waals surface area contributed by atoms with Crippen molar-refractivity contribution in [2.45, 2.75) is 85.0 Å². The topological polar surface area (TPSA) is 6.48 Å². The second kappa shape index (κ2) is 13.4. The summed E-state index contributed by atoms with van der Waals surface area (Å²) in [5.74, 6) is 0.838. The van der Waals surface area contributed by atoms with Gasteiger partial charge in [-0.2, -0.15) is 0 Å². The lowest BCUT2D eigenvalue weighted by Gasteiger charge is -2.28. The second-order valence-corrected chi connectivity index (χ2v) is 7.69. The molecular formula is C20H42N2. The minimum absolute atomic E-state index is 0.838. The Balaban J connectivity index is 2.15. The van der Waals surface area contributed by atoms with Crippen LogP contribution in [0.4, 0.5) is 0 Å². The van der Waals surface area contributed by atoms with Crippen LogP contribution in [0, 0.1) is 5.92 Å². The molecule has 132 valence electrons. The highest BCUT2D eigenvalue weighted by atomic mass is 15.1. The van der Waals surface area contributed by atoms with Crippen molar-refractivity contribution in [1.29, 1.82) is 0 Å². The lowest BCUT2D eigenvalue weighted by Crippen LogP contribution is -2.34. The molecule has 0 aromatic carbocycles. The molecule has 1 fully saturated rings. The van der Waals surface area contributed by atoms with E-state index in [1.807, 2.05) is 0 Å². The number of hydrogen-bond donors (Lipinski definition) is 0. The van der Waals surface area contributed by atoms with Gasteiger partial charge in [-0.1, -0.05) is 52.9 Å². The fourth-order valence-corrected chi connectivity index (χ4v) is 3.42. The molecule has 0 N–H and O–H groups in total. The highest BCUT2D eigenvalue weighted by Gasteiger charge is 2.11. The van der Waals surface area contributed by atoms with Crippen molar-refractivity contribution in [3.05, 3.63) is 0 Å². The maximum absolute atomic E-state index is 2.75. The van der Waals surface area contributed by atoms with Gasteiger partial charge in [0.1, 0.15) is 0 Å². The van der Waals surface area contributed by atoms with E-state index in [2.05, 4.69) is 30.6 Å². The zero-order valence-electron chi connectivity index (χ0n) is 15.8. The van der Waals surface area contributed by atoms with E-state index in [0.717, 1.165) is 5.92 Å². The number of piperidine rings is 1. The van der Waals surface area contributed by atoms with Gasteiger partial charge in [0.15, 0.2) is 0 Å². The van der Waals surface area contributed by atoms with Gasteiger partial charge in [-0.3, -0.25) is 0 Å². The molecule has 0 unspecified atom stereocenters. The van der Waals surface area contributed by atoms with Gasteiger partial charge in [-0.05, 0) is 77.3 Å². The largest absolute Gasteiger partial charge is 0.303 e. The van der Waals surface area contributed by atoms with Crippen LogP contribution in [0.25, 0.3) is 0 Å². The van der Waals surface area contributed by atoms with Crippen molar-refractivity contribution in [1.82, 2.24) is 9.80 Å². The molecule has 0 amide bonds. The maximum Gasteiger partial charge on any atom is -0.000655 e. The minimum atomic E-state index is 0.838. The van der Waals surface area contributed by atoms with Gasteiger partial charge in [0.05, 0.1) is 0 Å². The van der Waals surface area contributed by atoms with Gasteiger partial charge >= 0.3 is 0 Å². The summed E-state index contributed by atoms with van der Waals surface area (Å²) in [4.78, 5) is 5.43. The fraction of sp³-hybridized carbons (Fsp3) is 1.00. The molecule has 0 aliphatic carbocycles. The van der Waals surface area contributed by atoms with Crippen molar-refractivity contribution in [3.63, 3.8) is 0 Å². The first kappa shape index (κ1) is 20.0. The predicted octanol–water partition coefficient (Wildman–Crippen LogP) is 5.18. The van der Waals surface area contributed by atoms with Crippen LogP contribution in [0.1, 0.15) is 85.0 Å². The molecule has 1 rings (SSSR count). The van der Waals surface area contributed by atoms with E-state index in [1.54, 1.807) is 0 Å². The normalized spacial score (nSPS) is 16.8. The van der Waals surface area contributed by atoms with Gasteiger partial charge in [0, 0.05) is 0 Å². The predicted molar refractivity (Wildman–Crippen MR) is 99.6 cm³/mol. The molecule has 1 saturated heterocycles. The van der Waals surface area contributed by atoms with E-state index < -0.39 is 0 Å². The number of likely N-dealkylation sites (tertiary alicyclic amines) is 1. The number of rotatable bonds is 13. The Kier molecular flexibility index (Phi) is 12.1. The summed E-state index contributed by atoms with van der Waals surface area (Å²) in [6, 6.07) is 0. The number of unbranched alkanes of at least 4 members (excludes halogenated alkanes) is 4. The zero-order chi connectivity index (χ0) is 16.0. The Hall–Kier alpha value is -0.0800. The molecule has 2 heteroatoms. The van der Waals surface area contributed by atoms with Crippen LogP contribution in [0.5, 0.6) is 0 Å². The summed E-state index contributed by atoms with van der Waals surface area (Å²) >= 11 is 0. The third-order valence-electron chi connectivity index (χ3n) is 5.00. The smallest absolute Gasteiger partial charge is 0.000655 e. The number of hydrogen-bond acceptors (Lipinski definition) is 2. The van der Waals surface area contributed by atoms with Crippen molar-refractivity contribution in [2.75, 3.05) is 39.3 Å². The Bertz CT molecular complexity index is 234. The summed E-state index contributed by atoms with van der Waals surface area (Å²) in [6.07, 6.45) is 14.1. The summed E-state index contributed by atoms with van der Waals surface area (Å²) in [6.45, 7) is 15.0. The lowest BCUT2D eigenvalue weighted by atomic mass is 10.1. The average Bonchev–Trinajstić information content (AvgIpc) is 2.52. The van der Waals surface area contributed by atoms with Crippen LogP contribution in [0.3, 0.4) is 0 Å².